The van der Waals surface area contributed by atoms with E-state index in [9.17, 15) is 8.78 Å². The smallest absolute Gasteiger partial charge is 0.248 e. The molecule has 0 saturated heterocycles. The van der Waals surface area contributed by atoms with Crippen LogP contribution in [-0.4, -0.2) is 15.9 Å². The third-order valence-electron chi connectivity index (χ3n) is 3.38. The van der Waals surface area contributed by atoms with Crippen molar-refractivity contribution >= 4 is 23.0 Å². The van der Waals surface area contributed by atoms with Crippen molar-refractivity contribution in [1.29, 1.82) is 0 Å². The van der Waals surface area contributed by atoms with Gasteiger partial charge in [-0.25, -0.2) is 18.7 Å². The summed E-state index contributed by atoms with van der Waals surface area (Å²) in [4.78, 5) is 8.34. The lowest BCUT2D eigenvalue weighted by molar-refractivity contribution is -0.0434. The molecule has 1 saturated carbocycles. The zero-order valence-corrected chi connectivity index (χ0v) is 10.9. The fourth-order valence-electron chi connectivity index (χ4n) is 2.45. The van der Waals surface area contributed by atoms with Gasteiger partial charge in [0.2, 0.25) is 5.92 Å². The Hall–Kier alpha value is -1.21. The molecule has 2 aromatic heterocycles. The average molecular weight is 285 g/mol. The Morgan fingerprint density at radius 2 is 2.32 bits per heavy atom. The Labute approximate surface area is 112 Å². The van der Waals surface area contributed by atoms with E-state index in [1.165, 1.54) is 0 Å². The molecule has 0 amide bonds. The fourth-order valence-corrected chi connectivity index (χ4v) is 2.74. The van der Waals surface area contributed by atoms with Crippen LogP contribution in [0, 0.1) is 0 Å². The number of oxazole rings is 1. The molecule has 19 heavy (non-hydrogen) atoms. The predicted octanol–water partition coefficient (Wildman–Crippen LogP) is 3.48. The number of halogens is 2. The van der Waals surface area contributed by atoms with Gasteiger partial charge in [-0.3, -0.25) is 5.14 Å². The van der Waals surface area contributed by atoms with Crippen molar-refractivity contribution in [2.75, 3.05) is 0 Å². The summed E-state index contributed by atoms with van der Waals surface area (Å²) in [5, 5.41) is 6.03. The van der Waals surface area contributed by atoms with Gasteiger partial charge in [0.15, 0.2) is 11.5 Å². The highest BCUT2D eigenvalue weighted by Gasteiger charge is 2.38. The van der Waals surface area contributed by atoms with Crippen LogP contribution in [-0.2, 0) is 0 Å². The van der Waals surface area contributed by atoms with Crippen molar-refractivity contribution in [2.24, 2.45) is 5.14 Å². The number of fused-ring (bicyclic) bond motifs is 1. The van der Waals surface area contributed by atoms with Crippen LogP contribution in [0.2, 0.25) is 0 Å². The number of rotatable bonds is 2. The van der Waals surface area contributed by atoms with Crippen molar-refractivity contribution in [3.63, 3.8) is 0 Å². The van der Waals surface area contributed by atoms with Gasteiger partial charge in [0.25, 0.3) is 0 Å². The Balaban J connectivity index is 1.92. The molecular formula is C12H13F2N3OS. The highest BCUT2D eigenvalue weighted by molar-refractivity contribution is 7.97. The maximum absolute atomic E-state index is 13.4. The van der Waals surface area contributed by atoms with E-state index in [0.717, 1.165) is 11.9 Å². The maximum atomic E-state index is 13.4. The second kappa shape index (κ2) is 4.72. The van der Waals surface area contributed by atoms with Crippen LogP contribution < -0.4 is 5.14 Å². The Bertz CT molecular complexity index is 602. The van der Waals surface area contributed by atoms with E-state index in [2.05, 4.69) is 9.97 Å². The Morgan fingerprint density at radius 1 is 1.47 bits per heavy atom. The summed E-state index contributed by atoms with van der Waals surface area (Å²) >= 11 is 1.01. The lowest BCUT2D eigenvalue weighted by Gasteiger charge is -2.26. The van der Waals surface area contributed by atoms with Gasteiger partial charge in [-0.2, -0.15) is 0 Å². The zero-order valence-electron chi connectivity index (χ0n) is 10.1. The third-order valence-corrected chi connectivity index (χ3v) is 3.84. The van der Waals surface area contributed by atoms with Gasteiger partial charge in [0.05, 0.1) is 6.20 Å². The van der Waals surface area contributed by atoms with E-state index in [4.69, 9.17) is 9.56 Å². The molecule has 0 aliphatic heterocycles. The highest BCUT2D eigenvalue weighted by atomic mass is 32.2. The predicted molar refractivity (Wildman–Crippen MR) is 68.0 cm³/mol. The number of alkyl halides is 2. The van der Waals surface area contributed by atoms with Gasteiger partial charge >= 0.3 is 0 Å². The molecule has 1 aliphatic carbocycles. The van der Waals surface area contributed by atoms with Gasteiger partial charge in [-0.15, -0.1) is 0 Å². The summed E-state index contributed by atoms with van der Waals surface area (Å²) in [5.74, 6) is -2.54. The average Bonchev–Trinajstić information content (AvgIpc) is 2.80. The van der Waals surface area contributed by atoms with Crippen LogP contribution >= 0.6 is 11.9 Å². The second-order valence-electron chi connectivity index (χ2n) is 4.81. The van der Waals surface area contributed by atoms with Crippen molar-refractivity contribution in [3.05, 3.63) is 18.2 Å². The number of nitrogens with two attached hydrogens (primary N) is 1. The molecule has 1 atom stereocenters. The van der Waals surface area contributed by atoms with E-state index < -0.39 is 5.92 Å². The summed E-state index contributed by atoms with van der Waals surface area (Å²) in [6.45, 7) is 0. The summed E-state index contributed by atoms with van der Waals surface area (Å²) in [6, 6.07) is 1.68. The Kier molecular flexibility index (Phi) is 3.18. The largest absolute Gasteiger partial charge is 0.440 e. The molecule has 0 radical (unpaired) electrons. The minimum Gasteiger partial charge on any atom is -0.440 e. The van der Waals surface area contributed by atoms with Gasteiger partial charge in [0.1, 0.15) is 10.5 Å². The molecule has 7 heteroatoms. The van der Waals surface area contributed by atoms with Gasteiger partial charge in [0, 0.05) is 24.8 Å². The van der Waals surface area contributed by atoms with Crippen LogP contribution in [0.1, 0.15) is 37.5 Å². The molecule has 2 aromatic rings. The maximum Gasteiger partial charge on any atom is 0.248 e. The first-order valence-corrected chi connectivity index (χ1v) is 6.96. The van der Waals surface area contributed by atoms with Crippen molar-refractivity contribution in [2.45, 2.75) is 42.5 Å². The lowest BCUT2D eigenvalue weighted by Crippen LogP contribution is -2.25. The summed E-state index contributed by atoms with van der Waals surface area (Å²) in [6.07, 6.45) is 2.51. The van der Waals surface area contributed by atoms with Crippen LogP contribution in [0.25, 0.3) is 11.1 Å². The summed E-state index contributed by atoms with van der Waals surface area (Å²) < 4.78 is 32.4. The molecule has 1 aliphatic rings. The molecule has 0 bridgehead atoms. The van der Waals surface area contributed by atoms with Crippen LogP contribution in [0.5, 0.6) is 0 Å². The first-order valence-electron chi connectivity index (χ1n) is 6.08. The normalized spacial score (nSPS) is 22.8. The van der Waals surface area contributed by atoms with Crippen LogP contribution in [0.3, 0.4) is 0 Å². The summed E-state index contributed by atoms with van der Waals surface area (Å²) in [7, 11) is 0. The standard InChI is InChI=1S/C12H13F2N3OS/c13-12(14)3-1-2-7(5-12)11-17-8-6-16-10(19-15)4-9(8)18-11/h4,6-7H,1-3,5,15H2. The molecule has 102 valence electrons. The van der Waals surface area contributed by atoms with E-state index in [1.807, 2.05) is 0 Å². The van der Waals surface area contributed by atoms with Crippen molar-refractivity contribution < 1.29 is 13.2 Å². The molecule has 4 nitrogen and oxygen atoms in total. The molecule has 1 unspecified atom stereocenters. The minimum atomic E-state index is -2.61. The minimum absolute atomic E-state index is 0.0424. The van der Waals surface area contributed by atoms with Crippen molar-refractivity contribution in [3.8, 4) is 0 Å². The van der Waals surface area contributed by atoms with E-state index in [-0.39, 0.29) is 18.8 Å². The monoisotopic (exact) mass is 285 g/mol. The zero-order chi connectivity index (χ0) is 13.5. The molecule has 2 heterocycles. The summed E-state index contributed by atoms with van der Waals surface area (Å²) in [5.41, 5.74) is 1.13. The number of aromatic nitrogens is 2. The van der Waals surface area contributed by atoms with E-state index in [1.54, 1.807) is 12.3 Å². The van der Waals surface area contributed by atoms with Crippen LogP contribution in [0.4, 0.5) is 8.78 Å². The first-order chi connectivity index (χ1) is 9.07. The number of hydrogen-bond acceptors (Lipinski definition) is 5. The highest BCUT2D eigenvalue weighted by Crippen LogP contribution is 2.42. The van der Waals surface area contributed by atoms with Gasteiger partial charge < -0.3 is 4.42 Å². The lowest BCUT2D eigenvalue weighted by atomic mass is 9.86. The quantitative estimate of drug-likeness (QED) is 0.856. The Morgan fingerprint density at radius 3 is 3.05 bits per heavy atom. The molecule has 2 N–H and O–H groups in total. The van der Waals surface area contributed by atoms with Crippen molar-refractivity contribution in [1.82, 2.24) is 9.97 Å². The molecule has 1 fully saturated rings. The molecular weight excluding hydrogens is 272 g/mol. The van der Waals surface area contributed by atoms with E-state index >= 15 is 0 Å². The van der Waals surface area contributed by atoms with E-state index in [0.29, 0.717) is 34.9 Å². The SMILES string of the molecule is NSc1cc2oc(C3CCCC(F)(F)C3)nc2cn1. The number of pyridine rings is 1. The topological polar surface area (TPSA) is 64.9 Å². The van der Waals surface area contributed by atoms with Gasteiger partial charge in [-0.05, 0) is 24.8 Å². The molecule has 3 rings (SSSR count). The molecule has 0 spiro atoms. The molecule has 0 aromatic carbocycles. The first kappa shape index (κ1) is 12.8. The number of hydrogen-bond donors (Lipinski definition) is 1. The van der Waals surface area contributed by atoms with Gasteiger partial charge in [-0.1, -0.05) is 0 Å². The fraction of sp³-hybridized carbons (Fsp3) is 0.500. The second-order valence-corrected chi connectivity index (χ2v) is 5.46. The van der Waals surface area contributed by atoms with Crippen LogP contribution in [0.15, 0.2) is 21.7 Å². The number of nitrogens with zero attached hydrogens (tertiary/aromatic N) is 2. The third kappa shape index (κ3) is 2.57.